The Morgan fingerprint density at radius 2 is 1.85 bits per heavy atom. The van der Waals surface area contributed by atoms with Crippen LogP contribution in [0.25, 0.3) is 0 Å². The average Bonchev–Trinajstić information content (AvgIpc) is 2.93. The SMILES string of the molecule is CC(C)N(C)C(=O)c1cc(F)ccc1Oc1cncnc1N1CC2(CCN(CC3CCC(C(=O)O)CC3)CC2)C1. The third-order valence-corrected chi connectivity index (χ3v) is 9.13. The molecule has 3 aliphatic rings. The van der Waals surface area contributed by atoms with E-state index in [0.29, 0.717) is 17.5 Å². The van der Waals surface area contributed by atoms with Crippen LogP contribution in [-0.4, -0.2) is 82.6 Å². The van der Waals surface area contributed by atoms with E-state index in [1.165, 1.54) is 24.5 Å². The van der Waals surface area contributed by atoms with Gasteiger partial charge in [-0.25, -0.2) is 14.4 Å². The molecule has 0 radical (unpaired) electrons. The molecule has 0 bridgehead atoms. The Bertz CT molecular complexity index is 1220. The van der Waals surface area contributed by atoms with Gasteiger partial charge in [0.15, 0.2) is 11.6 Å². The predicted octanol–water partition coefficient (Wildman–Crippen LogP) is 4.68. The molecule has 0 atom stereocenters. The van der Waals surface area contributed by atoms with E-state index < -0.39 is 11.8 Å². The van der Waals surface area contributed by atoms with Crippen LogP contribution < -0.4 is 9.64 Å². The molecule has 1 N–H and O–H groups in total. The van der Waals surface area contributed by atoms with E-state index in [1.54, 1.807) is 18.1 Å². The fourth-order valence-corrected chi connectivity index (χ4v) is 6.32. The van der Waals surface area contributed by atoms with E-state index in [2.05, 4.69) is 19.8 Å². The molecule has 9 nitrogen and oxygen atoms in total. The minimum absolute atomic E-state index is 0.0464. The summed E-state index contributed by atoms with van der Waals surface area (Å²) >= 11 is 0. The van der Waals surface area contributed by atoms with Gasteiger partial charge >= 0.3 is 5.97 Å². The Balaban J connectivity index is 1.19. The minimum atomic E-state index is -0.643. The summed E-state index contributed by atoms with van der Waals surface area (Å²) in [4.78, 5) is 39.3. The van der Waals surface area contributed by atoms with Crippen LogP contribution >= 0.6 is 0 Å². The number of piperidine rings is 1. The Hall–Kier alpha value is -3.27. The van der Waals surface area contributed by atoms with Crippen molar-refractivity contribution >= 4 is 17.7 Å². The molecule has 1 amide bonds. The van der Waals surface area contributed by atoms with Gasteiger partial charge in [0.2, 0.25) is 0 Å². The van der Waals surface area contributed by atoms with Crippen LogP contribution in [0.5, 0.6) is 11.5 Å². The molecular formula is C30H40FN5O4. The third-order valence-electron chi connectivity index (χ3n) is 9.13. The number of hydrogen-bond donors (Lipinski definition) is 1. The molecule has 2 aromatic rings. The standard InChI is InChI=1S/C30H40FN5O4/c1-20(2)34(3)28(37)24-14-23(31)8-9-25(24)40-26-15-32-19-33-27(26)36-17-30(18-36)10-12-35(13-11-30)16-21-4-6-22(7-5-21)29(38)39/h8-9,14-15,19-22H,4-7,10-13,16-18H2,1-3H3,(H,38,39). The van der Waals surface area contributed by atoms with Gasteiger partial charge in [0.05, 0.1) is 17.7 Å². The first-order chi connectivity index (χ1) is 19.1. The number of nitrogens with zero attached hydrogens (tertiary/aromatic N) is 5. The number of carbonyl (C=O) groups is 2. The largest absolute Gasteiger partial charge is 0.481 e. The van der Waals surface area contributed by atoms with Gasteiger partial charge < -0.3 is 24.5 Å². The number of likely N-dealkylation sites (tertiary alicyclic amines) is 1. The molecular weight excluding hydrogens is 513 g/mol. The van der Waals surface area contributed by atoms with Crippen LogP contribution in [0.3, 0.4) is 0 Å². The Morgan fingerprint density at radius 1 is 1.15 bits per heavy atom. The number of ether oxygens (including phenoxy) is 1. The molecule has 1 aromatic carbocycles. The van der Waals surface area contributed by atoms with Gasteiger partial charge in [0.25, 0.3) is 5.91 Å². The van der Waals surface area contributed by atoms with Crippen molar-refractivity contribution in [1.29, 1.82) is 0 Å². The Morgan fingerprint density at radius 3 is 2.50 bits per heavy atom. The van der Waals surface area contributed by atoms with Gasteiger partial charge in [-0.2, -0.15) is 0 Å². The highest BCUT2D eigenvalue weighted by atomic mass is 19.1. The molecule has 3 heterocycles. The van der Waals surface area contributed by atoms with Crippen molar-refractivity contribution in [2.24, 2.45) is 17.3 Å². The quantitative estimate of drug-likeness (QED) is 0.503. The topological polar surface area (TPSA) is 99.1 Å². The molecule has 5 rings (SSSR count). The van der Waals surface area contributed by atoms with Crippen molar-refractivity contribution in [2.45, 2.75) is 58.4 Å². The second kappa shape index (κ2) is 11.7. The Labute approximate surface area is 235 Å². The fourth-order valence-electron chi connectivity index (χ4n) is 6.32. The summed E-state index contributed by atoms with van der Waals surface area (Å²) < 4.78 is 20.3. The third kappa shape index (κ3) is 6.06. The van der Waals surface area contributed by atoms with Crippen molar-refractivity contribution < 1.29 is 23.8 Å². The van der Waals surface area contributed by atoms with Crippen LogP contribution in [0.2, 0.25) is 0 Å². The maximum Gasteiger partial charge on any atom is 0.306 e. The molecule has 1 spiro atoms. The molecule has 216 valence electrons. The van der Waals surface area contributed by atoms with Crippen molar-refractivity contribution in [3.63, 3.8) is 0 Å². The van der Waals surface area contributed by atoms with Crippen LogP contribution in [0, 0.1) is 23.1 Å². The smallest absolute Gasteiger partial charge is 0.306 e. The van der Waals surface area contributed by atoms with Gasteiger partial charge in [-0.1, -0.05) is 0 Å². The average molecular weight is 554 g/mol. The van der Waals surface area contributed by atoms with Gasteiger partial charge in [-0.15, -0.1) is 0 Å². The lowest BCUT2D eigenvalue weighted by Gasteiger charge is -2.54. The highest BCUT2D eigenvalue weighted by Crippen LogP contribution is 2.45. The second-order valence-electron chi connectivity index (χ2n) is 12.2. The highest BCUT2D eigenvalue weighted by Gasteiger charge is 2.46. The molecule has 3 fully saturated rings. The van der Waals surface area contributed by atoms with Crippen LogP contribution in [0.15, 0.2) is 30.7 Å². The van der Waals surface area contributed by atoms with Crippen molar-refractivity contribution in [3.05, 3.63) is 42.1 Å². The van der Waals surface area contributed by atoms with Gasteiger partial charge in [-0.3, -0.25) is 9.59 Å². The van der Waals surface area contributed by atoms with Gasteiger partial charge in [0.1, 0.15) is 17.9 Å². The number of aliphatic carboxylic acids is 1. The number of amides is 1. The number of rotatable bonds is 8. The van der Waals surface area contributed by atoms with E-state index in [9.17, 15) is 19.1 Å². The number of halogens is 1. The zero-order chi connectivity index (χ0) is 28.4. The second-order valence-corrected chi connectivity index (χ2v) is 12.2. The number of carbonyl (C=O) groups excluding carboxylic acids is 1. The fraction of sp³-hybridized carbons (Fsp3) is 0.600. The van der Waals surface area contributed by atoms with Gasteiger partial charge in [0, 0.05) is 38.1 Å². The number of carboxylic acids is 1. The van der Waals surface area contributed by atoms with Gasteiger partial charge in [-0.05, 0) is 89.6 Å². The minimum Gasteiger partial charge on any atom is -0.481 e. The summed E-state index contributed by atoms with van der Waals surface area (Å²) in [6, 6.07) is 3.93. The van der Waals surface area contributed by atoms with Crippen LogP contribution in [0.1, 0.15) is 62.7 Å². The number of anilines is 1. The van der Waals surface area contributed by atoms with E-state index in [1.807, 2.05) is 13.8 Å². The van der Waals surface area contributed by atoms with E-state index in [-0.39, 0.29) is 34.6 Å². The maximum atomic E-state index is 14.1. The molecule has 40 heavy (non-hydrogen) atoms. The summed E-state index contributed by atoms with van der Waals surface area (Å²) in [5.74, 6) is 0.388. The summed E-state index contributed by atoms with van der Waals surface area (Å²) in [6.45, 7) is 8.75. The molecule has 0 unspecified atom stereocenters. The molecule has 2 aliphatic heterocycles. The monoisotopic (exact) mass is 553 g/mol. The first-order valence-corrected chi connectivity index (χ1v) is 14.4. The molecule has 10 heteroatoms. The number of aromatic nitrogens is 2. The maximum absolute atomic E-state index is 14.1. The zero-order valence-electron chi connectivity index (χ0n) is 23.7. The molecule has 2 saturated heterocycles. The lowest BCUT2D eigenvalue weighted by molar-refractivity contribution is -0.143. The van der Waals surface area contributed by atoms with E-state index in [0.717, 1.165) is 71.2 Å². The number of hydrogen-bond acceptors (Lipinski definition) is 7. The Kier molecular flexibility index (Phi) is 8.26. The number of carboxylic acid groups (broad SMARTS) is 1. The van der Waals surface area contributed by atoms with Crippen molar-refractivity contribution in [2.75, 3.05) is 44.7 Å². The first-order valence-electron chi connectivity index (χ1n) is 14.4. The van der Waals surface area contributed by atoms with Crippen molar-refractivity contribution in [3.8, 4) is 11.5 Å². The number of benzene rings is 1. The highest BCUT2D eigenvalue weighted by molar-refractivity contribution is 5.97. The lowest BCUT2D eigenvalue weighted by atomic mass is 9.71. The molecule has 1 aliphatic carbocycles. The zero-order valence-corrected chi connectivity index (χ0v) is 23.7. The van der Waals surface area contributed by atoms with E-state index >= 15 is 0 Å². The molecule has 1 saturated carbocycles. The predicted molar refractivity (Wildman–Crippen MR) is 149 cm³/mol. The molecule has 1 aromatic heterocycles. The van der Waals surface area contributed by atoms with E-state index in [4.69, 9.17) is 4.74 Å². The normalized spacial score (nSPS) is 22.7. The first kappa shape index (κ1) is 28.3. The summed E-state index contributed by atoms with van der Waals surface area (Å²) in [5, 5.41) is 9.25. The van der Waals surface area contributed by atoms with Crippen LogP contribution in [0.4, 0.5) is 10.2 Å². The lowest BCUT2D eigenvalue weighted by Crippen LogP contribution is -2.61. The summed E-state index contributed by atoms with van der Waals surface area (Å²) in [7, 11) is 1.69. The summed E-state index contributed by atoms with van der Waals surface area (Å²) in [6.07, 6.45) is 8.96. The van der Waals surface area contributed by atoms with Crippen LogP contribution in [-0.2, 0) is 4.79 Å². The van der Waals surface area contributed by atoms with Crippen molar-refractivity contribution in [1.82, 2.24) is 19.8 Å². The summed E-state index contributed by atoms with van der Waals surface area (Å²) in [5.41, 5.74) is 0.409.